The molecule has 0 spiro atoms. The van der Waals surface area contributed by atoms with Crippen molar-refractivity contribution in [3.63, 3.8) is 0 Å². The van der Waals surface area contributed by atoms with Crippen molar-refractivity contribution in [2.24, 2.45) is 0 Å². The van der Waals surface area contributed by atoms with E-state index < -0.39 is 18.7 Å². The highest BCUT2D eigenvalue weighted by molar-refractivity contribution is 6.05. The molecule has 1 unspecified atom stereocenters. The molecule has 0 aliphatic carbocycles. The first kappa shape index (κ1) is 22.3. The van der Waals surface area contributed by atoms with E-state index in [0.29, 0.717) is 34.6 Å². The zero-order valence-electron chi connectivity index (χ0n) is 18.1. The van der Waals surface area contributed by atoms with Crippen LogP contribution < -0.4 is 14.2 Å². The predicted octanol–water partition coefficient (Wildman–Crippen LogP) is 4.76. The fourth-order valence-electron chi connectivity index (χ4n) is 3.28. The van der Waals surface area contributed by atoms with Gasteiger partial charge < -0.3 is 18.9 Å². The molecular weight excluding hydrogens is 401 g/mol. The molecule has 0 N–H and O–H groups in total. The summed E-state index contributed by atoms with van der Waals surface area (Å²) in [5, 5.41) is 1.45. The molecule has 0 fully saturated rings. The van der Waals surface area contributed by atoms with Crippen molar-refractivity contribution in [2.45, 2.75) is 26.4 Å². The number of carbonyl (C=O) groups is 1. The molecule has 0 radical (unpaired) electrons. The number of carbonyl (C=O) groups excluding carboxylic acids is 1. The van der Waals surface area contributed by atoms with Crippen LogP contribution in [0.5, 0.6) is 17.2 Å². The number of aromatic nitrogens is 1. The Bertz CT molecular complexity index is 1050. The number of ether oxygens (including phenoxy) is 4. The van der Waals surface area contributed by atoms with Crippen LogP contribution in [-0.4, -0.2) is 44.6 Å². The number of hydrogen-bond acceptors (Lipinski definition) is 6. The Morgan fingerprint density at radius 3 is 2.29 bits per heavy atom. The van der Waals surface area contributed by atoms with E-state index in [9.17, 15) is 9.18 Å². The number of halogens is 1. The van der Waals surface area contributed by atoms with Crippen LogP contribution in [0.1, 0.15) is 35.5 Å². The molecule has 6 nitrogen and oxygen atoms in total. The minimum Gasteiger partial charge on any atom is -0.493 e. The van der Waals surface area contributed by atoms with Gasteiger partial charge in [-0.05, 0) is 43.7 Å². The van der Waals surface area contributed by atoms with Crippen LogP contribution in [0.15, 0.2) is 42.6 Å². The number of hydrogen-bond donors (Lipinski definition) is 0. The number of rotatable bonds is 9. The van der Waals surface area contributed by atoms with Gasteiger partial charge in [-0.3, -0.25) is 4.98 Å². The molecule has 1 aromatic heterocycles. The van der Waals surface area contributed by atoms with Crippen molar-refractivity contribution < 1.29 is 28.1 Å². The highest BCUT2D eigenvalue weighted by Crippen LogP contribution is 2.35. The minimum absolute atomic E-state index is 0.269. The molecule has 0 saturated heterocycles. The highest BCUT2D eigenvalue weighted by Gasteiger charge is 2.18. The number of esters is 1. The van der Waals surface area contributed by atoms with Gasteiger partial charge in [0.25, 0.3) is 0 Å². The SMILES string of the molecule is CCOC(=O)c1cnc(Cc2ccc(OC(C)CF)cc2)c2cc(OC)c(OC)cc12. The van der Waals surface area contributed by atoms with Gasteiger partial charge in [-0.1, -0.05) is 12.1 Å². The van der Waals surface area contributed by atoms with Crippen molar-refractivity contribution >= 4 is 16.7 Å². The lowest BCUT2D eigenvalue weighted by atomic mass is 10.00. The third-order valence-electron chi connectivity index (χ3n) is 4.82. The molecule has 0 aliphatic rings. The van der Waals surface area contributed by atoms with Gasteiger partial charge in [-0.15, -0.1) is 0 Å². The highest BCUT2D eigenvalue weighted by atomic mass is 19.1. The fraction of sp³-hybridized carbons (Fsp3) is 0.333. The van der Waals surface area contributed by atoms with Crippen LogP contribution in [-0.2, 0) is 11.2 Å². The standard InChI is InChI=1S/C24H26FNO5/c1-5-30-24(27)20-14-26-21(19-12-23(29-4)22(28-3)11-18(19)20)10-16-6-8-17(9-7-16)31-15(2)13-25/h6-9,11-12,14-15H,5,10,13H2,1-4H3. The number of alkyl halides is 1. The molecule has 0 saturated carbocycles. The Morgan fingerprint density at radius 1 is 1.06 bits per heavy atom. The molecule has 0 amide bonds. The van der Waals surface area contributed by atoms with Crippen molar-refractivity contribution in [1.29, 1.82) is 0 Å². The van der Waals surface area contributed by atoms with E-state index in [2.05, 4.69) is 4.98 Å². The Morgan fingerprint density at radius 2 is 1.71 bits per heavy atom. The van der Waals surface area contributed by atoms with Gasteiger partial charge in [-0.25, -0.2) is 9.18 Å². The molecule has 0 bridgehead atoms. The molecule has 164 valence electrons. The molecule has 2 aromatic carbocycles. The van der Waals surface area contributed by atoms with Crippen LogP contribution in [0.25, 0.3) is 10.8 Å². The Hall–Kier alpha value is -3.35. The first-order valence-electron chi connectivity index (χ1n) is 10.0. The Balaban J connectivity index is 2.02. The predicted molar refractivity (Wildman–Crippen MR) is 116 cm³/mol. The lowest BCUT2D eigenvalue weighted by molar-refractivity contribution is 0.0528. The van der Waals surface area contributed by atoms with E-state index in [1.807, 2.05) is 18.2 Å². The zero-order chi connectivity index (χ0) is 22.4. The van der Waals surface area contributed by atoms with Crippen LogP contribution in [0.2, 0.25) is 0 Å². The van der Waals surface area contributed by atoms with E-state index >= 15 is 0 Å². The van der Waals surface area contributed by atoms with Crippen molar-refractivity contribution in [2.75, 3.05) is 27.5 Å². The molecular formula is C24H26FNO5. The summed E-state index contributed by atoms with van der Waals surface area (Å²) in [5.74, 6) is 1.22. The third kappa shape index (κ3) is 5.05. The smallest absolute Gasteiger partial charge is 0.340 e. The first-order chi connectivity index (χ1) is 15.0. The minimum atomic E-state index is -0.546. The normalized spacial score (nSPS) is 11.8. The largest absolute Gasteiger partial charge is 0.493 e. The lowest BCUT2D eigenvalue weighted by Crippen LogP contribution is -2.13. The first-order valence-corrected chi connectivity index (χ1v) is 10.0. The second-order valence-electron chi connectivity index (χ2n) is 7.00. The summed E-state index contributed by atoms with van der Waals surface area (Å²) in [6.45, 7) is 3.16. The summed E-state index contributed by atoms with van der Waals surface area (Å²) >= 11 is 0. The van der Waals surface area contributed by atoms with Crippen LogP contribution >= 0.6 is 0 Å². The maximum Gasteiger partial charge on any atom is 0.340 e. The molecule has 3 aromatic rings. The van der Waals surface area contributed by atoms with E-state index in [1.54, 1.807) is 46.3 Å². The summed E-state index contributed by atoms with van der Waals surface area (Å²) in [4.78, 5) is 17.0. The third-order valence-corrected chi connectivity index (χ3v) is 4.82. The molecule has 31 heavy (non-hydrogen) atoms. The van der Waals surface area contributed by atoms with Crippen molar-refractivity contribution in [1.82, 2.24) is 4.98 Å². The maximum absolute atomic E-state index is 12.7. The van der Waals surface area contributed by atoms with Gasteiger partial charge in [0.15, 0.2) is 11.5 Å². The topological polar surface area (TPSA) is 66.9 Å². The van der Waals surface area contributed by atoms with E-state index in [0.717, 1.165) is 16.6 Å². The molecule has 0 aliphatic heterocycles. The Kier molecular flexibility index (Phi) is 7.28. The summed E-state index contributed by atoms with van der Waals surface area (Å²) in [5.41, 5.74) is 2.13. The van der Waals surface area contributed by atoms with Crippen LogP contribution in [0, 0.1) is 0 Å². The van der Waals surface area contributed by atoms with Crippen LogP contribution in [0.3, 0.4) is 0 Å². The van der Waals surface area contributed by atoms with Gasteiger partial charge in [0.1, 0.15) is 18.5 Å². The van der Waals surface area contributed by atoms with Crippen LogP contribution in [0.4, 0.5) is 4.39 Å². The summed E-state index contributed by atoms with van der Waals surface area (Å²) < 4.78 is 34.2. The lowest BCUT2D eigenvalue weighted by Gasteiger charge is -2.15. The number of benzene rings is 2. The number of pyridine rings is 1. The van der Waals surface area contributed by atoms with Gasteiger partial charge in [0.05, 0.1) is 32.1 Å². The van der Waals surface area contributed by atoms with E-state index in [4.69, 9.17) is 18.9 Å². The van der Waals surface area contributed by atoms with Crippen molar-refractivity contribution in [3.8, 4) is 17.2 Å². The quantitative estimate of drug-likeness (QED) is 0.459. The van der Waals surface area contributed by atoms with Gasteiger partial charge in [0, 0.05) is 23.4 Å². The number of methoxy groups -OCH3 is 2. The molecule has 3 rings (SSSR count). The number of fused-ring (bicyclic) bond motifs is 1. The van der Waals surface area contributed by atoms with Crippen molar-refractivity contribution in [3.05, 3.63) is 59.4 Å². The van der Waals surface area contributed by atoms with Gasteiger partial charge >= 0.3 is 5.97 Å². The zero-order valence-corrected chi connectivity index (χ0v) is 18.1. The Labute approximate surface area is 180 Å². The molecule has 1 atom stereocenters. The molecule has 1 heterocycles. The second-order valence-corrected chi connectivity index (χ2v) is 7.00. The monoisotopic (exact) mass is 427 g/mol. The summed E-state index contributed by atoms with van der Waals surface area (Å²) in [6, 6.07) is 11.0. The number of nitrogens with zero attached hydrogens (tertiary/aromatic N) is 1. The molecule has 7 heteroatoms. The average molecular weight is 427 g/mol. The van der Waals surface area contributed by atoms with Gasteiger partial charge in [0.2, 0.25) is 0 Å². The van der Waals surface area contributed by atoms with E-state index in [1.165, 1.54) is 6.20 Å². The summed E-state index contributed by atoms with van der Waals surface area (Å²) in [7, 11) is 3.10. The second kappa shape index (κ2) is 10.1. The average Bonchev–Trinajstić information content (AvgIpc) is 2.79. The fourth-order valence-corrected chi connectivity index (χ4v) is 3.28. The van der Waals surface area contributed by atoms with E-state index in [-0.39, 0.29) is 6.61 Å². The summed E-state index contributed by atoms with van der Waals surface area (Å²) in [6.07, 6.45) is 1.56. The van der Waals surface area contributed by atoms with Gasteiger partial charge in [-0.2, -0.15) is 0 Å². The maximum atomic E-state index is 12.7.